The number of aliphatic hydroxyl groups excluding tert-OH is 1. The zero-order chi connectivity index (χ0) is 23.9. The number of ether oxygens (including phenoxy) is 1. The summed E-state index contributed by atoms with van der Waals surface area (Å²) < 4.78 is 11.5. The van der Waals surface area contributed by atoms with E-state index in [4.69, 9.17) is 9.15 Å². The fourth-order valence-corrected chi connectivity index (χ4v) is 5.19. The molecule has 2 aromatic rings. The van der Waals surface area contributed by atoms with Crippen LogP contribution in [-0.4, -0.2) is 34.8 Å². The molecule has 4 rings (SSSR count). The lowest BCUT2D eigenvalue weighted by Gasteiger charge is -2.34. The number of methoxy groups -OCH3 is 1. The van der Waals surface area contributed by atoms with E-state index < -0.39 is 17.7 Å². The van der Waals surface area contributed by atoms with Crippen LogP contribution in [0, 0.1) is 13.8 Å². The van der Waals surface area contributed by atoms with Crippen molar-refractivity contribution in [3.05, 3.63) is 58.0 Å². The molecule has 0 radical (unpaired) electrons. The molecular formula is C27H33NO5. The van der Waals surface area contributed by atoms with Crippen molar-refractivity contribution in [1.82, 2.24) is 4.90 Å². The van der Waals surface area contributed by atoms with Crippen molar-refractivity contribution in [3.8, 4) is 5.75 Å². The second-order valence-electron chi connectivity index (χ2n) is 9.51. The number of hydrogen-bond donors (Lipinski definition) is 1. The molecule has 1 saturated heterocycles. The highest BCUT2D eigenvalue weighted by Gasteiger charge is 2.50. The molecule has 2 heterocycles. The second-order valence-corrected chi connectivity index (χ2v) is 9.51. The third-order valence-corrected chi connectivity index (χ3v) is 6.93. The predicted octanol–water partition coefficient (Wildman–Crippen LogP) is 5.78. The van der Waals surface area contributed by atoms with Gasteiger partial charge in [0.2, 0.25) is 0 Å². The van der Waals surface area contributed by atoms with Crippen molar-refractivity contribution >= 4 is 17.4 Å². The van der Waals surface area contributed by atoms with Gasteiger partial charge in [-0.3, -0.25) is 9.59 Å². The first-order valence-electron chi connectivity index (χ1n) is 11.8. The molecule has 1 unspecified atom stereocenters. The lowest BCUT2D eigenvalue weighted by Crippen LogP contribution is -2.40. The molecule has 0 bridgehead atoms. The van der Waals surface area contributed by atoms with Crippen LogP contribution in [0.25, 0.3) is 5.76 Å². The summed E-state index contributed by atoms with van der Waals surface area (Å²) in [5.74, 6) is 0.722. The lowest BCUT2D eigenvalue weighted by molar-refractivity contribution is -0.142. The fraction of sp³-hybridized carbons (Fsp3) is 0.481. The number of ketones is 1. The third-order valence-electron chi connectivity index (χ3n) is 6.93. The first-order chi connectivity index (χ1) is 15.7. The maximum atomic E-state index is 13.3. The van der Waals surface area contributed by atoms with Gasteiger partial charge in [0.1, 0.15) is 29.1 Å². The molecule has 1 amide bonds. The normalized spacial score (nSPS) is 21.3. The van der Waals surface area contributed by atoms with Gasteiger partial charge in [-0.1, -0.05) is 33.1 Å². The van der Waals surface area contributed by atoms with E-state index >= 15 is 0 Å². The van der Waals surface area contributed by atoms with Crippen molar-refractivity contribution in [2.24, 2.45) is 0 Å². The summed E-state index contributed by atoms with van der Waals surface area (Å²) >= 11 is 0. The summed E-state index contributed by atoms with van der Waals surface area (Å²) in [5.41, 5.74) is 2.33. The van der Waals surface area contributed by atoms with Crippen LogP contribution in [0.15, 0.2) is 34.3 Å². The molecule has 0 spiro atoms. The molecule has 6 heteroatoms. The Morgan fingerprint density at radius 2 is 1.82 bits per heavy atom. The number of amides is 1. The number of furan rings is 1. The summed E-state index contributed by atoms with van der Waals surface area (Å²) in [4.78, 5) is 28.3. The summed E-state index contributed by atoms with van der Waals surface area (Å²) in [5, 5.41) is 11.5. The molecule has 2 aliphatic rings. The van der Waals surface area contributed by atoms with Crippen molar-refractivity contribution in [2.75, 3.05) is 7.11 Å². The van der Waals surface area contributed by atoms with Gasteiger partial charge in [-0.05, 0) is 68.0 Å². The predicted molar refractivity (Wildman–Crippen MR) is 126 cm³/mol. The van der Waals surface area contributed by atoms with Gasteiger partial charge >= 0.3 is 0 Å². The van der Waals surface area contributed by atoms with Crippen LogP contribution in [0.3, 0.4) is 0 Å². The van der Waals surface area contributed by atoms with Crippen LogP contribution in [0.5, 0.6) is 5.75 Å². The van der Waals surface area contributed by atoms with Gasteiger partial charge in [0.15, 0.2) is 0 Å². The van der Waals surface area contributed by atoms with Crippen LogP contribution >= 0.6 is 0 Å². The number of likely N-dealkylation sites (tertiary alicyclic amines) is 1. The number of carbonyl (C=O) groups is 2. The Labute approximate surface area is 195 Å². The van der Waals surface area contributed by atoms with E-state index in [1.54, 1.807) is 18.1 Å². The van der Waals surface area contributed by atoms with Gasteiger partial charge in [-0.25, -0.2) is 0 Å². The summed E-state index contributed by atoms with van der Waals surface area (Å²) in [6.45, 7) is 7.79. The topological polar surface area (TPSA) is 80.0 Å². The number of aliphatic hydroxyl groups is 1. The monoisotopic (exact) mass is 451 g/mol. The van der Waals surface area contributed by atoms with Gasteiger partial charge in [0.05, 0.1) is 12.7 Å². The molecule has 176 valence electrons. The lowest BCUT2D eigenvalue weighted by atomic mass is 9.91. The minimum atomic E-state index is -0.731. The summed E-state index contributed by atoms with van der Waals surface area (Å²) in [6, 6.07) is 6.59. The first kappa shape index (κ1) is 23.1. The molecule has 1 aliphatic carbocycles. The van der Waals surface area contributed by atoms with Crippen LogP contribution in [0.1, 0.15) is 86.1 Å². The van der Waals surface area contributed by atoms with Gasteiger partial charge in [-0.2, -0.15) is 0 Å². The number of hydrogen-bond acceptors (Lipinski definition) is 5. The van der Waals surface area contributed by atoms with Gasteiger partial charge in [0, 0.05) is 11.6 Å². The zero-order valence-corrected chi connectivity index (χ0v) is 20.1. The third kappa shape index (κ3) is 4.07. The molecule has 6 nitrogen and oxygen atoms in total. The molecular weight excluding hydrogens is 418 g/mol. The second kappa shape index (κ2) is 9.08. The zero-order valence-electron chi connectivity index (χ0n) is 20.1. The number of nitrogens with zero attached hydrogens (tertiary/aromatic N) is 1. The number of benzene rings is 1. The SMILES string of the molecule is COc1cc(C)c(/C(O)=C2\C(=O)C(=O)N(C3CCCCC3)C2c2ccc(C)o2)cc1C(C)C. The van der Waals surface area contributed by atoms with E-state index in [1.807, 2.05) is 45.9 Å². The van der Waals surface area contributed by atoms with Crippen molar-refractivity contribution < 1.29 is 23.8 Å². The van der Waals surface area contributed by atoms with Crippen LogP contribution in [-0.2, 0) is 9.59 Å². The van der Waals surface area contributed by atoms with Gasteiger partial charge in [-0.15, -0.1) is 0 Å². The van der Waals surface area contributed by atoms with E-state index in [0.717, 1.165) is 49.0 Å². The molecule has 1 N–H and O–H groups in total. The minimum Gasteiger partial charge on any atom is -0.507 e. The van der Waals surface area contributed by atoms with Crippen LogP contribution < -0.4 is 4.74 Å². The Balaban J connectivity index is 1.91. The largest absolute Gasteiger partial charge is 0.507 e. The number of aryl methyl sites for hydroxylation is 2. The van der Waals surface area contributed by atoms with Crippen molar-refractivity contribution in [2.45, 2.75) is 77.8 Å². The Bertz CT molecular complexity index is 1100. The molecule has 1 atom stereocenters. The van der Waals surface area contributed by atoms with Crippen LogP contribution in [0.2, 0.25) is 0 Å². The maximum absolute atomic E-state index is 13.3. The van der Waals surface area contributed by atoms with Crippen molar-refractivity contribution in [3.63, 3.8) is 0 Å². The molecule has 1 saturated carbocycles. The van der Waals surface area contributed by atoms with Crippen molar-refractivity contribution in [1.29, 1.82) is 0 Å². The van der Waals surface area contributed by atoms with Gasteiger partial charge in [0.25, 0.3) is 11.7 Å². The van der Waals surface area contributed by atoms with E-state index in [9.17, 15) is 14.7 Å². The van der Waals surface area contributed by atoms with Crippen LogP contribution in [0.4, 0.5) is 0 Å². The molecule has 1 aliphatic heterocycles. The molecule has 1 aromatic carbocycles. The number of carbonyl (C=O) groups excluding carboxylic acids is 2. The van der Waals surface area contributed by atoms with Gasteiger partial charge < -0.3 is 19.2 Å². The maximum Gasteiger partial charge on any atom is 0.296 e. The quantitative estimate of drug-likeness (QED) is 0.354. The average molecular weight is 452 g/mol. The van der Waals surface area contributed by atoms with E-state index in [1.165, 1.54) is 0 Å². The number of Topliss-reactive ketones (excluding diaryl/α,β-unsaturated/α-hetero) is 1. The first-order valence-corrected chi connectivity index (χ1v) is 11.8. The smallest absolute Gasteiger partial charge is 0.296 e. The van der Waals surface area contributed by atoms with E-state index in [0.29, 0.717) is 17.1 Å². The Kier molecular flexibility index (Phi) is 6.37. The highest BCUT2D eigenvalue weighted by atomic mass is 16.5. The summed E-state index contributed by atoms with van der Waals surface area (Å²) in [7, 11) is 1.62. The Hall–Kier alpha value is -3.02. The summed E-state index contributed by atoms with van der Waals surface area (Å²) in [6.07, 6.45) is 4.87. The molecule has 2 fully saturated rings. The highest BCUT2D eigenvalue weighted by molar-refractivity contribution is 6.46. The molecule has 33 heavy (non-hydrogen) atoms. The standard InChI is InChI=1S/C27H33NO5/c1-15(2)19-14-20(16(3)13-22(19)32-5)25(29)23-24(21-12-11-17(4)33-21)28(27(31)26(23)30)18-9-7-6-8-10-18/h11-15,18,24,29H,6-10H2,1-5H3/b25-23+. The Morgan fingerprint density at radius 1 is 1.12 bits per heavy atom. The van der Waals surface area contributed by atoms with E-state index in [2.05, 4.69) is 0 Å². The Morgan fingerprint density at radius 3 is 2.39 bits per heavy atom. The molecule has 1 aromatic heterocycles. The fourth-order valence-electron chi connectivity index (χ4n) is 5.19. The van der Waals surface area contributed by atoms with E-state index in [-0.39, 0.29) is 23.3 Å². The number of rotatable bonds is 5. The average Bonchev–Trinajstić information content (AvgIpc) is 3.34. The highest BCUT2D eigenvalue weighted by Crippen LogP contribution is 2.44. The minimum absolute atomic E-state index is 0.0425.